The minimum absolute atomic E-state index is 0.424. The summed E-state index contributed by atoms with van der Waals surface area (Å²) in [5.41, 5.74) is 1.87. The number of piperidine rings is 1. The van der Waals surface area contributed by atoms with Crippen molar-refractivity contribution in [2.45, 2.75) is 37.6 Å². The van der Waals surface area contributed by atoms with Crippen LogP contribution in [0.4, 0.5) is 0 Å². The Morgan fingerprint density at radius 3 is 2.39 bits per heavy atom. The first-order valence-corrected chi connectivity index (χ1v) is 8.41. The first kappa shape index (κ1) is 15.7. The molecule has 1 aliphatic rings. The molecular weight excluding hydrogens is 282 g/mol. The first-order chi connectivity index (χ1) is 11.3. The van der Waals surface area contributed by atoms with Gasteiger partial charge < -0.3 is 0 Å². The van der Waals surface area contributed by atoms with Gasteiger partial charge in [-0.2, -0.15) is 5.26 Å². The third-order valence-corrected chi connectivity index (χ3v) is 5.03. The number of rotatable bonds is 4. The number of benzene rings is 1. The van der Waals surface area contributed by atoms with Gasteiger partial charge in [-0.3, -0.25) is 9.88 Å². The van der Waals surface area contributed by atoms with E-state index in [0.717, 1.165) is 38.0 Å². The summed E-state index contributed by atoms with van der Waals surface area (Å²) in [6.45, 7) is 4.12. The summed E-state index contributed by atoms with van der Waals surface area (Å²) in [6.07, 6.45) is 4.58. The van der Waals surface area contributed by atoms with E-state index < -0.39 is 5.41 Å². The average molecular weight is 305 g/mol. The van der Waals surface area contributed by atoms with Gasteiger partial charge in [0.15, 0.2) is 0 Å². The third-order valence-electron chi connectivity index (χ3n) is 5.03. The van der Waals surface area contributed by atoms with Crippen molar-refractivity contribution < 1.29 is 0 Å². The fourth-order valence-corrected chi connectivity index (χ4v) is 3.67. The van der Waals surface area contributed by atoms with Crippen LogP contribution in [0.15, 0.2) is 54.7 Å². The average Bonchev–Trinajstić information content (AvgIpc) is 2.65. The molecule has 3 nitrogen and oxygen atoms in total. The highest BCUT2D eigenvalue weighted by atomic mass is 15.2. The number of hydrogen-bond acceptors (Lipinski definition) is 3. The Hall–Kier alpha value is -2.18. The Bertz CT molecular complexity index is 652. The highest BCUT2D eigenvalue weighted by Gasteiger charge is 2.39. The van der Waals surface area contributed by atoms with Gasteiger partial charge in [0.25, 0.3) is 0 Å². The Morgan fingerprint density at radius 2 is 1.83 bits per heavy atom. The van der Waals surface area contributed by atoms with Crippen molar-refractivity contribution in [3.63, 3.8) is 0 Å². The standard InChI is InChI=1S/C20H23N3/c1-2-18(17-8-4-3-5-9-17)23-14-11-20(16-21,12-15-23)19-10-6-7-13-22-19/h3-10,13,18H,2,11-12,14-15H2,1H3. The van der Waals surface area contributed by atoms with Gasteiger partial charge in [0.1, 0.15) is 5.41 Å². The van der Waals surface area contributed by atoms with E-state index in [0.29, 0.717) is 6.04 Å². The minimum Gasteiger partial charge on any atom is -0.296 e. The number of likely N-dealkylation sites (tertiary alicyclic amines) is 1. The van der Waals surface area contributed by atoms with Crippen molar-refractivity contribution in [2.24, 2.45) is 0 Å². The van der Waals surface area contributed by atoms with Crippen molar-refractivity contribution in [2.75, 3.05) is 13.1 Å². The van der Waals surface area contributed by atoms with Crippen LogP contribution in [-0.4, -0.2) is 23.0 Å². The molecule has 2 aromatic rings. The lowest BCUT2D eigenvalue weighted by atomic mass is 9.76. The summed E-state index contributed by atoms with van der Waals surface area (Å²) in [4.78, 5) is 6.97. The molecule has 23 heavy (non-hydrogen) atoms. The molecule has 1 unspecified atom stereocenters. The molecule has 3 rings (SSSR count). The van der Waals surface area contributed by atoms with Crippen molar-refractivity contribution in [3.8, 4) is 6.07 Å². The Labute approximate surface area is 138 Å². The molecule has 1 saturated heterocycles. The molecule has 0 aliphatic carbocycles. The molecule has 3 heteroatoms. The molecular formula is C20H23N3. The smallest absolute Gasteiger partial charge is 0.102 e. The largest absolute Gasteiger partial charge is 0.296 e. The van der Waals surface area contributed by atoms with Gasteiger partial charge >= 0.3 is 0 Å². The molecule has 0 N–H and O–H groups in total. The molecule has 1 atom stereocenters. The predicted molar refractivity (Wildman–Crippen MR) is 91.8 cm³/mol. The summed E-state index contributed by atoms with van der Waals surface area (Å²) in [7, 11) is 0. The van der Waals surface area contributed by atoms with Crippen LogP contribution in [0.2, 0.25) is 0 Å². The SMILES string of the molecule is CCC(c1ccccc1)N1CCC(C#N)(c2ccccn2)CC1. The van der Waals surface area contributed by atoms with Crippen molar-refractivity contribution in [1.29, 1.82) is 5.26 Å². The van der Waals surface area contributed by atoms with Crippen LogP contribution in [0, 0.1) is 11.3 Å². The fraction of sp³-hybridized carbons (Fsp3) is 0.400. The van der Waals surface area contributed by atoms with Crippen LogP contribution < -0.4 is 0 Å². The molecule has 0 radical (unpaired) electrons. The fourth-order valence-electron chi connectivity index (χ4n) is 3.67. The van der Waals surface area contributed by atoms with Crippen LogP contribution >= 0.6 is 0 Å². The van der Waals surface area contributed by atoms with E-state index in [4.69, 9.17) is 0 Å². The maximum absolute atomic E-state index is 9.79. The zero-order valence-electron chi connectivity index (χ0n) is 13.7. The van der Waals surface area contributed by atoms with Crippen LogP contribution in [0.25, 0.3) is 0 Å². The monoisotopic (exact) mass is 305 g/mol. The first-order valence-electron chi connectivity index (χ1n) is 8.41. The van der Waals surface area contributed by atoms with Gasteiger partial charge in [-0.25, -0.2) is 0 Å². The lowest BCUT2D eigenvalue weighted by Crippen LogP contribution is -2.43. The molecule has 1 aromatic heterocycles. The molecule has 1 aromatic carbocycles. The summed E-state index contributed by atoms with van der Waals surface area (Å²) >= 11 is 0. The number of aromatic nitrogens is 1. The Morgan fingerprint density at radius 1 is 1.13 bits per heavy atom. The van der Waals surface area contributed by atoms with E-state index in [1.165, 1.54) is 5.56 Å². The van der Waals surface area contributed by atoms with Gasteiger partial charge in [0.05, 0.1) is 11.8 Å². The van der Waals surface area contributed by atoms with E-state index in [2.05, 4.69) is 53.2 Å². The molecule has 1 aliphatic heterocycles. The predicted octanol–water partition coefficient (Wildman–Crippen LogP) is 4.09. The van der Waals surface area contributed by atoms with Gasteiger partial charge in [-0.15, -0.1) is 0 Å². The molecule has 0 saturated carbocycles. The maximum Gasteiger partial charge on any atom is 0.102 e. The van der Waals surface area contributed by atoms with E-state index in [1.807, 2.05) is 18.2 Å². The van der Waals surface area contributed by atoms with Crippen molar-refractivity contribution in [1.82, 2.24) is 9.88 Å². The quantitative estimate of drug-likeness (QED) is 0.854. The Kier molecular flexibility index (Phi) is 4.73. The lowest BCUT2D eigenvalue weighted by molar-refractivity contribution is 0.129. The number of nitriles is 1. The number of hydrogen-bond donors (Lipinski definition) is 0. The summed E-state index contributed by atoms with van der Waals surface area (Å²) in [5.74, 6) is 0. The number of nitrogens with zero attached hydrogens (tertiary/aromatic N) is 3. The number of pyridine rings is 1. The normalized spacial score (nSPS) is 19.0. The lowest BCUT2D eigenvalue weighted by Gasteiger charge is -2.40. The molecule has 0 amide bonds. The Balaban J connectivity index is 1.76. The second-order valence-corrected chi connectivity index (χ2v) is 6.28. The summed E-state index contributed by atoms with van der Waals surface area (Å²) in [5, 5.41) is 9.79. The van der Waals surface area contributed by atoms with E-state index >= 15 is 0 Å². The van der Waals surface area contributed by atoms with Crippen LogP contribution in [-0.2, 0) is 5.41 Å². The van der Waals surface area contributed by atoms with Gasteiger partial charge in [0.2, 0.25) is 0 Å². The topological polar surface area (TPSA) is 39.9 Å². The second kappa shape index (κ2) is 6.93. The molecule has 0 spiro atoms. The van der Waals surface area contributed by atoms with Crippen LogP contribution in [0.1, 0.15) is 43.5 Å². The maximum atomic E-state index is 9.79. The summed E-state index contributed by atoms with van der Waals surface area (Å²) < 4.78 is 0. The van der Waals surface area contributed by atoms with E-state index in [-0.39, 0.29) is 0 Å². The van der Waals surface area contributed by atoms with Gasteiger partial charge in [0, 0.05) is 25.3 Å². The zero-order chi connectivity index (χ0) is 16.1. The van der Waals surface area contributed by atoms with Crippen LogP contribution in [0.3, 0.4) is 0 Å². The minimum atomic E-state index is -0.424. The molecule has 118 valence electrons. The van der Waals surface area contributed by atoms with Gasteiger partial charge in [-0.05, 0) is 37.0 Å². The second-order valence-electron chi connectivity index (χ2n) is 6.28. The molecule has 2 heterocycles. The van der Waals surface area contributed by atoms with Crippen molar-refractivity contribution >= 4 is 0 Å². The molecule has 0 bridgehead atoms. The van der Waals surface area contributed by atoms with Crippen molar-refractivity contribution in [3.05, 3.63) is 66.0 Å². The zero-order valence-corrected chi connectivity index (χ0v) is 13.7. The van der Waals surface area contributed by atoms with E-state index in [1.54, 1.807) is 6.20 Å². The van der Waals surface area contributed by atoms with E-state index in [9.17, 15) is 5.26 Å². The molecule has 1 fully saturated rings. The third kappa shape index (κ3) is 3.13. The summed E-state index contributed by atoms with van der Waals surface area (Å²) in [6, 6.07) is 19.6. The highest BCUT2D eigenvalue weighted by molar-refractivity contribution is 5.28. The van der Waals surface area contributed by atoms with Gasteiger partial charge in [-0.1, -0.05) is 43.3 Å². The highest BCUT2D eigenvalue weighted by Crippen LogP contribution is 2.37. The van der Waals surface area contributed by atoms with Crippen LogP contribution in [0.5, 0.6) is 0 Å².